The van der Waals surface area contributed by atoms with Gasteiger partial charge < -0.3 is 20.1 Å². The Bertz CT molecular complexity index is 928. The van der Waals surface area contributed by atoms with Crippen molar-refractivity contribution < 1.29 is 14.3 Å². The summed E-state index contributed by atoms with van der Waals surface area (Å²) >= 11 is 1.54. The number of aryl methyl sites for hydroxylation is 1. The molecule has 7 nitrogen and oxygen atoms in total. The van der Waals surface area contributed by atoms with E-state index in [1.165, 1.54) is 11.3 Å². The fourth-order valence-electron chi connectivity index (χ4n) is 2.43. The van der Waals surface area contributed by atoms with Gasteiger partial charge in [-0.1, -0.05) is 0 Å². The van der Waals surface area contributed by atoms with Crippen molar-refractivity contribution in [1.82, 2.24) is 15.3 Å². The van der Waals surface area contributed by atoms with Gasteiger partial charge in [-0.25, -0.2) is 9.78 Å². The third kappa shape index (κ3) is 4.53. The van der Waals surface area contributed by atoms with Gasteiger partial charge in [0, 0.05) is 28.9 Å². The van der Waals surface area contributed by atoms with Crippen LogP contribution in [0.25, 0.3) is 10.6 Å². The number of aromatic nitrogens is 2. The molecule has 27 heavy (non-hydrogen) atoms. The van der Waals surface area contributed by atoms with Crippen molar-refractivity contribution in [3.8, 4) is 22.1 Å². The zero-order valence-electron chi connectivity index (χ0n) is 15.3. The van der Waals surface area contributed by atoms with E-state index in [-0.39, 0.29) is 6.03 Å². The van der Waals surface area contributed by atoms with Crippen molar-refractivity contribution in [2.24, 2.45) is 0 Å². The Kier molecular flexibility index (Phi) is 5.87. The van der Waals surface area contributed by atoms with E-state index in [1.54, 1.807) is 44.8 Å². The summed E-state index contributed by atoms with van der Waals surface area (Å²) in [6, 6.07) is 8.71. The van der Waals surface area contributed by atoms with Crippen LogP contribution in [0.2, 0.25) is 0 Å². The normalized spacial score (nSPS) is 10.3. The van der Waals surface area contributed by atoms with E-state index < -0.39 is 0 Å². The van der Waals surface area contributed by atoms with E-state index in [1.807, 2.05) is 19.1 Å². The molecule has 0 bridgehead atoms. The number of benzene rings is 1. The van der Waals surface area contributed by atoms with Crippen LogP contribution in [0.3, 0.4) is 0 Å². The molecule has 0 spiro atoms. The Balaban J connectivity index is 1.64. The zero-order chi connectivity index (χ0) is 19.2. The molecule has 0 saturated carbocycles. The van der Waals surface area contributed by atoms with Gasteiger partial charge in [0.05, 0.1) is 32.1 Å². The molecule has 0 atom stereocenters. The topological polar surface area (TPSA) is 85.4 Å². The highest BCUT2D eigenvalue weighted by atomic mass is 32.1. The average Bonchev–Trinajstić information content (AvgIpc) is 3.08. The molecular weight excluding hydrogens is 364 g/mol. The molecule has 0 saturated heterocycles. The second kappa shape index (κ2) is 8.50. The van der Waals surface area contributed by atoms with Crippen LogP contribution in [0.1, 0.15) is 10.6 Å². The standard InChI is InChI=1S/C19H20N4O3S/c1-12-17(27-18(22-12)13-5-4-8-20-10-13)11-21-19(24)23-15-7-6-14(25-2)9-16(15)26-3/h4-10H,11H2,1-3H3,(H2,21,23,24). The largest absolute Gasteiger partial charge is 0.497 e. The van der Waals surface area contributed by atoms with Crippen LogP contribution in [0, 0.1) is 6.92 Å². The number of hydrogen-bond donors (Lipinski definition) is 2. The first-order valence-electron chi connectivity index (χ1n) is 8.24. The summed E-state index contributed by atoms with van der Waals surface area (Å²) in [5, 5.41) is 6.52. The number of anilines is 1. The number of rotatable bonds is 6. The summed E-state index contributed by atoms with van der Waals surface area (Å²) in [5.41, 5.74) is 2.42. The lowest BCUT2D eigenvalue weighted by atomic mass is 10.2. The molecule has 140 valence electrons. The minimum Gasteiger partial charge on any atom is -0.497 e. The Morgan fingerprint density at radius 1 is 1.22 bits per heavy atom. The number of urea groups is 1. The Hall–Kier alpha value is -3.13. The SMILES string of the molecule is COc1ccc(NC(=O)NCc2sc(-c3cccnc3)nc2C)c(OC)c1. The van der Waals surface area contributed by atoms with Crippen molar-refractivity contribution in [1.29, 1.82) is 0 Å². The van der Waals surface area contributed by atoms with E-state index in [9.17, 15) is 4.79 Å². The van der Waals surface area contributed by atoms with Gasteiger partial charge in [0.25, 0.3) is 0 Å². The maximum atomic E-state index is 12.3. The smallest absolute Gasteiger partial charge is 0.319 e. The molecule has 3 aromatic rings. The predicted molar refractivity (Wildman–Crippen MR) is 105 cm³/mol. The van der Waals surface area contributed by atoms with Crippen molar-refractivity contribution >= 4 is 23.1 Å². The van der Waals surface area contributed by atoms with Gasteiger partial charge in [-0.05, 0) is 31.2 Å². The molecule has 0 fully saturated rings. The summed E-state index contributed by atoms with van der Waals surface area (Å²) in [4.78, 5) is 21.9. The molecule has 8 heteroatoms. The molecule has 2 aromatic heterocycles. The minimum absolute atomic E-state index is 0.325. The molecule has 1 aromatic carbocycles. The first kappa shape index (κ1) is 18.7. The summed E-state index contributed by atoms with van der Waals surface area (Å²) in [7, 11) is 3.12. The number of hydrogen-bond acceptors (Lipinski definition) is 6. The van der Waals surface area contributed by atoms with Gasteiger partial charge in [-0.2, -0.15) is 0 Å². The zero-order valence-corrected chi connectivity index (χ0v) is 16.1. The minimum atomic E-state index is -0.325. The van der Waals surface area contributed by atoms with Crippen molar-refractivity contribution in [3.05, 3.63) is 53.3 Å². The Labute approximate surface area is 161 Å². The van der Waals surface area contributed by atoms with Crippen LogP contribution in [0.15, 0.2) is 42.7 Å². The first-order chi connectivity index (χ1) is 13.1. The predicted octanol–water partition coefficient (Wildman–Crippen LogP) is 3.85. The van der Waals surface area contributed by atoms with Gasteiger partial charge in [0.1, 0.15) is 16.5 Å². The fraction of sp³-hybridized carbons (Fsp3) is 0.211. The molecular formula is C19H20N4O3S. The number of amides is 2. The number of nitrogens with one attached hydrogen (secondary N) is 2. The number of pyridine rings is 1. The number of thiazole rings is 1. The van der Waals surface area contributed by atoms with Gasteiger partial charge in [0.2, 0.25) is 0 Å². The number of carbonyl (C=O) groups excluding carboxylic acids is 1. The summed E-state index contributed by atoms with van der Waals surface area (Å²) < 4.78 is 10.4. The number of ether oxygens (including phenoxy) is 2. The van der Waals surface area contributed by atoms with Crippen molar-refractivity contribution in [3.63, 3.8) is 0 Å². The Morgan fingerprint density at radius 2 is 2.07 bits per heavy atom. The average molecular weight is 384 g/mol. The van der Waals surface area contributed by atoms with E-state index >= 15 is 0 Å². The lowest BCUT2D eigenvalue weighted by molar-refractivity contribution is 0.251. The highest BCUT2D eigenvalue weighted by Crippen LogP contribution is 2.29. The number of carbonyl (C=O) groups is 1. The monoisotopic (exact) mass is 384 g/mol. The summed E-state index contributed by atoms with van der Waals surface area (Å²) in [6.07, 6.45) is 3.50. The second-order valence-electron chi connectivity index (χ2n) is 5.64. The number of nitrogens with zero attached hydrogens (tertiary/aromatic N) is 2. The summed E-state index contributed by atoms with van der Waals surface area (Å²) in [5.74, 6) is 1.18. The molecule has 0 radical (unpaired) electrons. The molecule has 2 amide bonds. The van der Waals surface area contributed by atoms with E-state index in [2.05, 4.69) is 20.6 Å². The maximum absolute atomic E-state index is 12.3. The quantitative estimate of drug-likeness (QED) is 0.674. The molecule has 0 unspecified atom stereocenters. The fourth-order valence-corrected chi connectivity index (χ4v) is 3.43. The molecule has 2 N–H and O–H groups in total. The molecule has 3 rings (SSSR count). The van der Waals surface area contributed by atoms with Gasteiger partial charge in [0.15, 0.2) is 0 Å². The molecule has 0 aliphatic rings. The van der Waals surface area contributed by atoms with Gasteiger partial charge in [-0.3, -0.25) is 4.98 Å². The van der Waals surface area contributed by atoms with E-state index in [0.717, 1.165) is 21.1 Å². The van der Waals surface area contributed by atoms with Crippen LogP contribution in [-0.4, -0.2) is 30.2 Å². The summed E-state index contributed by atoms with van der Waals surface area (Å²) in [6.45, 7) is 2.31. The van der Waals surface area contributed by atoms with Crippen LogP contribution >= 0.6 is 11.3 Å². The third-order valence-electron chi connectivity index (χ3n) is 3.87. The van der Waals surface area contributed by atoms with Crippen LogP contribution in [0.4, 0.5) is 10.5 Å². The number of methoxy groups -OCH3 is 2. The van der Waals surface area contributed by atoms with Crippen LogP contribution in [0.5, 0.6) is 11.5 Å². The van der Waals surface area contributed by atoms with Gasteiger partial charge in [-0.15, -0.1) is 11.3 Å². The van der Waals surface area contributed by atoms with Crippen LogP contribution in [-0.2, 0) is 6.54 Å². The lowest BCUT2D eigenvalue weighted by Gasteiger charge is -2.12. The lowest BCUT2D eigenvalue weighted by Crippen LogP contribution is -2.28. The van der Waals surface area contributed by atoms with Gasteiger partial charge >= 0.3 is 6.03 Å². The van der Waals surface area contributed by atoms with Crippen LogP contribution < -0.4 is 20.1 Å². The molecule has 0 aliphatic heterocycles. The molecule has 0 aliphatic carbocycles. The third-order valence-corrected chi connectivity index (χ3v) is 5.07. The second-order valence-corrected chi connectivity index (χ2v) is 6.73. The maximum Gasteiger partial charge on any atom is 0.319 e. The van der Waals surface area contributed by atoms with Crippen molar-refractivity contribution in [2.75, 3.05) is 19.5 Å². The van der Waals surface area contributed by atoms with E-state index in [4.69, 9.17) is 9.47 Å². The Morgan fingerprint density at radius 3 is 2.78 bits per heavy atom. The highest BCUT2D eigenvalue weighted by Gasteiger charge is 2.12. The highest BCUT2D eigenvalue weighted by molar-refractivity contribution is 7.15. The molecule has 2 heterocycles. The van der Waals surface area contributed by atoms with E-state index in [0.29, 0.717) is 23.7 Å². The first-order valence-corrected chi connectivity index (χ1v) is 9.06. The van der Waals surface area contributed by atoms with Crippen molar-refractivity contribution in [2.45, 2.75) is 13.5 Å².